The van der Waals surface area contributed by atoms with Gasteiger partial charge < -0.3 is 10.4 Å². The molecular weight excluding hydrogens is 270 g/mol. The first-order valence-electron chi connectivity index (χ1n) is 6.21. The lowest BCUT2D eigenvalue weighted by atomic mass is 10.1. The highest BCUT2D eigenvalue weighted by atomic mass is 16.4. The molecule has 0 saturated heterocycles. The van der Waals surface area contributed by atoms with E-state index in [1.165, 1.54) is 12.1 Å². The molecule has 3 N–H and O–H groups in total. The highest BCUT2D eigenvalue weighted by molar-refractivity contribution is 6.06. The third-order valence-corrected chi connectivity index (χ3v) is 3.09. The Hall–Kier alpha value is -3.15. The summed E-state index contributed by atoms with van der Waals surface area (Å²) in [4.78, 5) is 22.9. The van der Waals surface area contributed by atoms with Crippen molar-refractivity contribution >= 4 is 28.5 Å². The highest BCUT2D eigenvalue weighted by Crippen LogP contribution is 2.15. The summed E-state index contributed by atoms with van der Waals surface area (Å²) in [5.74, 6) is -1.26. The number of aromatic nitrogens is 2. The summed E-state index contributed by atoms with van der Waals surface area (Å²) < 4.78 is 0. The van der Waals surface area contributed by atoms with Gasteiger partial charge in [0, 0.05) is 16.6 Å². The minimum absolute atomic E-state index is 0.174. The number of rotatable bonds is 3. The molecule has 0 radical (unpaired) electrons. The van der Waals surface area contributed by atoms with Crippen molar-refractivity contribution in [2.45, 2.75) is 0 Å². The van der Waals surface area contributed by atoms with E-state index in [1.807, 2.05) is 0 Å². The van der Waals surface area contributed by atoms with Crippen LogP contribution in [0.5, 0.6) is 0 Å². The molecule has 104 valence electrons. The fourth-order valence-corrected chi connectivity index (χ4v) is 1.98. The molecule has 6 heteroatoms. The van der Waals surface area contributed by atoms with Gasteiger partial charge in [-0.2, -0.15) is 5.10 Å². The maximum absolute atomic E-state index is 12.1. The lowest BCUT2D eigenvalue weighted by Crippen LogP contribution is -2.11. The first-order valence-corrected chi connectivity index (χ1v) is 6.21. The SMILES string of the molecule is O=C(O)c1ccc(NC(=O)c2ccc3[nH]ncc3c2)cc1. The Labute approximate surface area is 119 Å². The molecule has 0 fully saturated rings. The Bertz CT molecular complexity index is 822. The third kappa shape index (κ3) is 2.59. The second-order valence-electron chi connectivity index (χ2n) is 4.51. The van der Waals surface area contributed by atoms with Crippen molar-refractivity contribution in [3.8, 4) is 0 Å². The zero-order valence-electron chi connectivity index (χ0n) is 10.8. The Morgan fingerprint density at radius 2 is 1.76 bits per heavy atom. The minimum Gasteiger partial charge on any atom is -0.478 e. The van der Waals surface area contributed by atoms with E-state index >= 15 is 0 Å². The highest BCUT2D eigenvalue weighted by Gasteiger charge is 2.08. The molecule has 0 atom stereocenters. The summed E-state index contributed by atoms with van der Waals surface area (Å²) in [6.45, 7) is 0. The van der Waals surface area contributed by atoms with Crippen molar-refractivity contribution < 1.29 is 14.7 Å². The first-order chi connectivity index (χ1) is 10.1. The second kappa shape index (κ2) is 5.09. The summed E-state index contributed by atoms with van der Waals surface area (Å²) in [5.41, 5.74) is 2.08. The molecule has 21 heavy (non-hydrogen) atoms. The Kier molecular flexibility index (Phi) is 3.12. The summed E-state index contributed by atoms with van der Waals surface area (Å²) in [6, 6.07) is 11.2. The van der Waals surface area contributed by atoms with E-state index in [4.69, 9.17) is 5.11 Å². The number of carboxylic acid groups (broad SMARTS) is 1. The van der Waals surface area contributed by atoms with Gasteiger partial charge in [0.25, 0.3) is 5.91 Å². The van der Waals surface area contributed by atoms with E-state index in [0.29, 0.717) is 11.3 Å². The number of carboxylic acids is 1. The average molecular weight is 281 g/mol. The molecule has 0 spiro atoms. The lowest BCUT2D eigenvalue weighted by molar-refractivity contribution is 0.0696. The summed E-state index contributed by atoms with van der Waals surface area (Å²) in [6.07, 6.45) is 1.65. The molecule has 1 amide bonds. The van der Waals surface area contributed by atoms with Gasteiger partial charge in [0.1, 0.15) is 0 Å². The van der Waals surface area contributed by atoms with Gasteiger partial charge >= 0.3 is 5.97 Å². The molecule has 0 unspecified atom stereocenters. The van der Waals surface area contributed by atoms with Gasteiger partial charge in [0.2, 0.25) is 0 Å². The maximum Gasteiger partial charge on any atom is 0.335 e. The molecule has 1 heterocycles. The van der Waals surface area contributed by atoms with Gasteiger partial charge in [-0.1, -0.05) is 0 Å². The van der Waals surface area contributed by atoms with Crippen LogP contribution in [-0.2, 0) is 0 Å². The number of carbonyl (C=O) groups is 2. The standard InChI is InChI=1S/C15H11N3O3/c19-14(10-3-6-13-11(7-10)8-16-18-13)17-12-4-1-9(2-5-12)15(20)21/h1-8H,(H,16,18)(H,17,19)(H,20,21). The summed E-state index contributed by atoms with van der Waals surface area (Å²) in [7, 11) is 0. The predicted molar refractivity (Wildman–Crippen MR) is 77.4 cm³/mol. The Morgan fingerprint density at radius 1 is 1.05 bits per heavy atom. The van der Waals surface area contributed by atoms with E-state index in [1.54, 1.807) is 36.5 Å². The van der Waals surface area contributed by atoms with E-state index in [9.17, 15) is 9.59 Å². The zero-order chi connectivity index (χ0) is 14.8. The number of hydrogen-bond acceptors (Lipinski definition) is 3. The number of hydrogen-bond donors (Lipinski definition) is 3. The molecule has 0 aliphatic rings. The number of fused-ring (bicyclic) bond motifs is 1. The van der Waals surface area contributed by atoms with Crippen molar-refractivity contribution in [3.05, 3.63) is 59.8 Å². The third-order valence-electron chi connectivity index (χ3n) is 3.09. The van der Waals surface area contributed by atoms with Gasteiger partial charge in [-0.05, 0) is 42.5 Å². The molecule has 0 aliphatic carbocycles. The molecule has 1 aromatic heterocycles. The van der Waals surface area contributed by atoms with E-state index < -0.39 is 5.97 Å². The van der Waals surface area contributed by atoms with Crippen LogP contribution in [0.4, 0.5) is 5.69 Å². The summed E-state index contributed by atoms with van der Waals surface area (Å²) >= 11 is 0. The number of anilines is 1. The average Bonchev–Trinajstić information content (AvgIpc) is 2.95. The summed E-state index contributed by atoms with van der Waals surface area (Å²) in [5, 5.41) is 19.1. The minimum atomic E-state index is -1.00. The van der Waals surface area contributed by atoms with Gasteiger partial charge in [-0.25, -0.2) is 4.79 Å². The fraction of sp³-hybridized carbons (Fsp3) is 0. The predicted octanol–water partition coefficient (Wildman–Crippen LogP) is 2.51. The number of aromatic carboxylic acids is 1. The van der Waals surface area contributed by atoms with Crippen LogP contribution in [0.15, 0.2) is 48.7 Å². The molecule has 3 aromatic rings. The number of carbonyl (C=O) groups excluding carboxylic acids is 1. The van der Waals surface area contributed by atoms with Crippen molar-refractivity contribution in [3.63, 3.8) is 0 Å². The number of amides is 1. The largest absolute Gasteiger partial charge is 0.478 e. The van der Waals surface area contributed by atoms with E-state index in [2.05, 4.69) is 15.5 Å². The van der Waals surface area contributed by atoms with Crippen LogP contribution in [0.25, 0.3) is 10.9 Å². The molecule has 6 nitrogen and oxygen atoms in total. The smallest absolute Gasteiger partial charge is 0.335 e. The molecule has 0 saturated carbocycles. The monoisotopic (exact) mass is 281 g/mol. The fourth-order valence-electron chi connectivity index (χ4n) is 1.98. The van der Waals surface area contributed by atoms with Gasteiger partial charge in [0.05, 0.1) is 17.3 Å². The second-order valence-corrected chi connectivity index (χ2v) is 4.51. The van der Waals surface area contributed by atoms with Crippen LogP contribution in [0, 0.1) is 0 Å². The van der Waals surface area contributed by atoms with Gasteiger partial charge in [-0.3, -0.25) is 9.89 Å². The number of nitrogens with zero attached hydrogens (tertiary/aromatic N) is 1. The molecule has 2 aromatic carbocycles. The van der Waals surface area contributed by atoms with Crippen molar-refractivity contribution in [1.29, 1.82) is 0 Å². The van der Waals surface area contributed by atoms with Crippen molar-refractivity contribution in [1.82, 2.24) is 10.2 Å². The maximum atomic E-state index is 12.1. The number of H-pyrrole nitrogens is 1. The van der Waals surface area contributed by atoms with Crippen LogP contribution >= 0.6 is 0 Å². The van der Waals surface area contributed by atoms with Crippen LogP contribution in [0.1, 0.15) is 20.7 Å². The number of aromatic amines is 1. The van der Waals surface area contributed by atoms with Crippen LogP contribution in [-0.4, -0.2) is 27.2 Å². The quantitative estimate of drug-likeness (QED) is 0.687. The Balaban J connectivity index is 1.80. The number of benzene rings is 2. The van der Waals surface area contributed by atoms with Crippen molar-refractivity contribution in [2.24, 2.45) is 0 Å². The lowest BCUT2D eigenvalue weighted by Gasteiger charge is -2.05. The molecular formula is C15H11N3O3. The van der Waals surface area contributed by atoms with Crippen LogP contribution < -0.4 is 5.32 Å². The van der Waals surface area contributed by atoms with Crippen LogP contribution in [0.2, 0.25) is 0 Å². The van der Waals surface area contributed by atoms with Gasteiger partial charge in [0.15, 0.2) is 0 Å². The molecule has 0 bridgehead atoms. The van der Waals surface area contributed by atoms with Crippen molar-refractivity contribution in [2.75, 3.05) is 5.32 Å². The molecule has 0 aliphatic heterocycles. The normalized spacial score (nSPS) is 10.5. The zero-order valence-corrected chi connectivity index (χ0v) is 10.8. The van der Waals surface area contributed by atoms with E-state index in [0.717, 1.165) is 10.9 Å². The first kappa shape index (κ1) is 12.9. The van der Waals surface area contributed by atoms with Gasteiger partial charge in [-0.15, -0.1) is 0 Å². The van der Waals surface area contributed by atoms with Crippen LogP contribution in [0.3, 0.4) is 0 Å². The topological polar surface area (TPSA) is 95.1 Å². The molecule has 3 rings (SSSR count). The van der Waals surface area contributed by atoms with E-state index in [-0.39, 0.29) is 11.5 Å². The Morgan fingerprint density at radius 3 is 2.48 bits per heavy atom. The number of nitrogens with one attached hydrogen (secondary N) is 2.